The average Bonchev–Trinajstić information content (AvgIpc) is 3.12. The molecule has 1 fully saturated rings. The number of carbonyl (C=O) groups is 2. The van der Waals surface area contributed by atoms with Gasteiger partial charge < -0.3 is 24.0 Å². The summed E-state index contributed by atoms with van der Waals surface area (Å²) >= 11 is 0. The second kappa shape index (κ2) is 9.22. The molecule has 2 aromatic carbocycles. The van der Waals surface area contributed by atoms with Crippen molar-refractivity contribution in [2.75, 3.05) is 46.4 Å². The molecule has 7 heteroatoms. The van der Waals surface area contributed by atoms with Gasteiger partial charge in [0.15, 0.2) is 12.4 Å². The lowest BCUT2D eigenvalue weighted by molar-refractivity contribution is -0.135. The summed E-state index contributed by atoms with van der Waals surface area (Å²) in [4.78, 5) is 29.2. The topological polar surface area (TPSA) is 68.3 Å². The van der Waals surface area contributed by atoms with Gasteiger partial charge in [0, 0.05) is 32.2 Å². The molecule has 31 heavy (non-hydrogen) atoms. The van der Waals surface area contributed by atoms with Crippen LogP contribution in [0, 0.1) is 0 Å². The number of ketones is 1. The number of hydrogen-bond donors (Lipinski definition) is 0. The first-order chi connectivity index (χ1) is 15.1. The maximum Gasteiger partial charge on any atom is 0.260 e. The molecule has 2 aliphatic heterocycles. The van der Waals surface area contributed by atoms with Crippen LogP contribution in [0.15, 0.2) is 48.2 Å². The Morgan fingerprint density at radius 1 is 1.10 bits per heavy atom. The van der Waals surface area contributed by atoms with Gasteiger partial charge in [0.1, 0.15) is 17.2 Å². The quantitative estimate of drug-likeness (QED) is 0.667. The van der Waals surface area contributed by atoms with Crippen LogP contribution in [0.4, 0.5) is 0 Å². The monoisotopic (exact) mass is 422 g/mol. The smallest absolute Gasteiger partial charge is 0.260 e. The minimum Gasteiger partial charge on any atom is -0.497 e. The van der Waals surface area contributed by atoms with Gasteiger partial charge in [-0.3, -0.25) is 9.59 Å². The van der Waals surface area contributed by atoms with Crippen LogP contribution in [0.25, 0.3) is 6.08 Å². The van der Waals surface area contributed by atoms with Crippen molar-refractivity contribution in [3.8, 4) is 17.2 Å². The van der Waals surface area contributed by atoms with Crippen molar-refractivity contribution in [2.24, 2.45) is 0 Å². The van der Waals surface area contributed by atoms with Crippen LogP contribution in [-0.2, 0) is 4.79 Å². The third-order valence-electron chi connectivity index (χ3n) is 5.57. The van der Waals surface area contributed by atoms with E-state index in [4.69, 9.17) is 14.2 Å². The number of Topliss-reactive ketones (excluding diaryl/α,β-unsaturated/α-hetero) is 1. The summed E-state index contributed by atoms with van der Waals surface area (Å²) in [6.45, 7) is 6.30. The molecule has 0 unspecified atom stereocenters. The van der Waals surface area contributed by atoms with Crippen molar-refractivity contribution in [3.63, 3.8) is 0 Å². The maximum atomic E-state index is 12.7. The van der Waals surface area contributed by atoms with Crippen molar-refractivity contribution in [1.29, 1.82) is 0 Å². The number of fused-ring (bicyclic) bond motifs is 1. The Kier molecular flexibility index (Phi) is 6.23. The Labute approximate surface area is 181 Å². The molecule has 4 rings (SSSR count). The van der Waals surface area contributed by atoms with Crippen molar-refractivity contribution in [2.45, 2.75) is 6.92 Å². The number of likely N-dealkylation sites (N-methyl/N-ethyl adjacent to an activating group) is 1. The summed E-state index contributed by atoms with van der Waals surface area (Å²) in [6.07, 6.45) is 1.69. The van der Waals surface area contributed by atoms with Gasteiger partial charge >= 0.3 is 0 Å². The average molecular weight is 422 g/mol. The number of rotatable bonds is 6. The van der Waals surface area contributed by atoms with E-state index in [-0.39, 0.29) is 24.1 Å². The fourth-order valence-corrected chi connectivity index (χ4v) is 3.69. The highest BCUT2D eigenvalue weighted by molar-refractivity contribution is 6.14. The van der Waals surface area contributed by atoms with E-state index in [1.165, 1.54) is 0 Å². The molecule has 0 radical (unpaired) electrons. The van der Waals surface area contributed by atoms with Crippen molar-refractivity contribution < 1.29 is 23.8 Å². The molecule has 0 N–H and O–H groups in total. The van der Waals surface area contributed by atoms with E-state index in [9.17, 15) is 9.59 Å². The van der Waals surface area contributed by atoms with Crippen LogP contribution >= 0.6 is 0 Å². The van der Waals surface area contributed by atoms with E-state index in [0.29, 0.717) is 22.8 Å². The molecule has 0 aliphatic carbocycles. The maximum absolute atomic E-state index is 12.7. The zero-order valence-corrected chi connectivity index (χ0v) is 17.8. The predicted molar refractivity (Wildman–Crippen MR) is 117 cm³/mol. The number of methoxy groups -OCH3 is 1. The molecule has 0 aromatic heterocycles. The second-order valence-electron chi connectivity index (χ2n) is 7.48. The van der Waals surface area contributed by atoms with E-state index < -0.39 is 0 Å². The second-order valence-corrected chi connectivity index (χ2v) is 7.48. The minimum absolute atomic E-state index is 0.0353. The summed E-state index contributed by atoms with van der Waals surface area (Å²) in [6, 6.07) is 12.4. The van der Waals surface area contributed by atoms with Crippen molar-refractivity contribution in [1.82, 2.24) is 9.80 Å². The van der Waals surface area contributed by atoms with Crippen LogP contribution in [0.5, 0.6) is 17.2 Å². The van der Waals surface area contributed by atoms with Gasteiger partial charge in [0.2, 0.25) is 5.78 Å². The molecular weight excluding hydrogens is 396 g/mol. The van der Waals surface area contributed by atoms with Gasteiger partial charge in [-0.15, -0.1) is 0 Å². The normalized spacial score (nSPS) is 17.4. The van der Waals surface area contributed by atoms with E-state index >= 15 is 0 Å². The molecule has 162 valence electrons. The number of carbonyl (C=O) groups excluding carboxylic acids is 2. The first-order valence-electron chi connectivity index (χ1n) is 10.4. The van der Waals surface area contributed by atoms with E-state index in [1.807, 2.05) is 29.2 Å². The van der Waals surface area contributed by atoms with Crippen LogP contribution in [0.2, 0.25) is 0 Å². The van der Waals surface area contributed by atoms with Crippen molar-refractivity contribution >= 4 is 17.8 Å². The zero-order valence-electron chi connectivity index (χ0n) is 17.8. The lowest BCUT2D eigenvalue weighted by atomic mass is 10.1. The lowest BCUT2D eigenvalue weighted by Crippen LogP contribution is -2.49. The first kappa shape index (κ1) is 20.9. The molecule has 2 aromatic rings. The fourth-order valence-electron chi connectivity index (χ4n) is 3.69. The number of nitrogens with zero attached hydrogens (tertiary/aromatic N) is 2. The Balaban J connectivity index is 1.39. The molecule has 2 heterocycles. The standard InChI is InChI=1S/C24H26N2O5/c1-3-25-9-11-26(12-10-25)23(27)16-30-19-7-8-20-21(15-19)31-22(24(20)28)14-17-5-4-6-18(13-17)29-2/h4-8,13-15H,3,9-12,16H2,1-2H3. The number of ether oxygens (including phenoxy) is 3. The van der Waals surface area contributed by atoms with E-state index in [0.717, 1.165) is 38.3 Å². The number of allylic oxidation sites excluding steroid dienone is 1. The van der Waals surface area contributed by atoms with E-state index in [2.05, 4.69) is 11.8 Å². The molecule has 1 amide bonds. The Morgan fingerprint density at radius 3 is 2.65 bits per heavy atom. The van der Waals surface area contributed by atoms with E-state index in [1.54, 1.807) is 31.4 Å². The molecule has 1 saturated heterocycles. The van der Waals surface area contributed by atoms with Crippen LogP contribution in [-0.4, -0.2) is 67.9 Å². The lowest BCUT2D eigenvalue weighted by Gasteiger charge is -2.33. The first-order valence-corrected chi connectivity index (χ1v) is 10.4. The van der Waals surface area contributed by atoms with Gasteiger partial charge in [0.05, 0.1) is 12.7 Å². The molecule has 0 atom stereocenters. The number of piperazine rings is 1. The highest BCUT2D eigenvalue weighted by atomic mass is 16.5. The highest BCUT2D eigenvalue weighted by Crippen LogP contribution is 2.35. The number of benzene rings is 2. The number of hydrogen-bond acceptors (Lipinski definition) is 6. The summed E-state index contributed by atoms with van der Waals surface area (Å²) in [7, 11) is 1.59. The summed E-state index contributed by atoms with van der Waals surface area (Å²) < 4.78 is 16.7. The fraction of sp³-hybridized carbons (Fsp3) is 0.333. The predicted octanol–water partition coefficient (Wildman–Crippen LogP) is 2.85. The van der Waals surface area contributed by atoms with Crippen molar-refractivity contribution in [3.05, 3.63) is 59.4 Å². The van der Waals surface area contributed by atoms with Crippen LogP contribution in [0.3, 0.4) is 0 Å². The molecular formula is C24H26N2O5. The Bertz CT molecular complexity index is 1010. The number of amides is 1. The molecule has 0 spiro atoms. The largest absolute Gasteiger partial charge is 0.497 e. The van der Waals surface area contributed by atoms with Gasteiger partial charge in [-0.1, -0.05) is 19.1 Å². The summed E-state index contributed by atoms with van der Waals surface area (Å²) in [5.74, 6) is 1.65. The van der Waals surface area contributed by atoms with Gasteiger partial charge in [0.25, 0.3) is 5.91 Å². The third kappa shape index (κ3) is 4.72. The summed E-state index contributed by atoms with van der Waals surface area (Å²) in [5.41, 5.74) is 1.28. The van der Waals surface area contributed by atoms with Crippen LogP contribution in [0.1, 0.15) is 22.8 Å². The summed E-state index contributed by atoms with van der Waals surface area (Å²) in [5, 5.41) is 0. The molecule has 7 nitrogen and oxygen atoms in total. The zero-order chi connectivity index (χ0) is 21.8. The van der Waals surface area contributed by atoms with Gasteiger partial charge in [-0.05, 0) is 42.4 Å². The van der Waals surface area contributed by atoms with Gasteiger partial charge in [-0.2, -0.15) is 0 Å². The molecule has 0 saturated carbocycles. The third-order valence-corrected chi connectivity index (χ3v) is 5.57. The highest BCUT2D eigenvalue weighted by Gasteiger charge is 2.28. The van der Waals surface area contributed by atoms with Gasteiger partial charge in [-0.25, -0.2) is 0 Å². The SMILES string of the molecule is CCN1CCN(C(=O)COc2ccc3c(c2)OC(=Cc2cccc(OC)c2)C3=O)CC1. The Morgan fingerprint density at radius 2 is 1.90 bits per heavy atom. The van der Waals surface area contributed by atoms with Crippen LogP contribution < -0.4 is 14.2 Å². The molecule has 2 aliphatic rings. The Hall–Kier alpha value is -3.32. The molecule has 0 bridgehead atoms. The minimum atomic E-state index is -0.186.